The monoisotopic (exact) mass is 448 g/mol. The van der Waals surface area contributed by atoms with Gasteiger partial charge in [-0.15, -0.1) is 0 Å². The molecule has 2 amide bonds. The quantitative estimate of drug-likeness (QED) is 0.626. The Morgan fingerprint density at radius 1 is 1.15 bits per heavy atom. The van der Waals surface area contributed by atoms with E-state index in [0.29, 0.717) is 17.4 Å². The molecular weight excluding hydrogens is 420 g/mol. The van der Waals surface area contributed by atoms with Crippen LogP contribution in [0.2, 0.25) is 0 Å². The van der Waals surface area contributed by atoms with Crippen LogP contribution in [0, 0.1) is 13.8 Å². The van der Waals surface area contributed by atoms with E-state index < -0.39 is 5.91 Å². The summed E-state index contributed by atoms with van der Waals surface area (Å²) >= 11 is 0. The standard InChI is InChI=1S/C25H28N4O4/c1-16-8-6-12-21(17(16)2)26-22(30)15-29(14-18-9-7-13-33-18)25(32)23-19-10-4-5-11-20(19)24(31)28(3)27-23/h4-6,8,10-12,18H,7,9,13-15H2,1-3H3,(H,26,30)/t18-/m0/s1. The van der Waals surface area contributed by atoms with Gasteiger partial charge in [0.1, 0.15) is 6.54 Å². The molecule has 1 N–H and O–H groups in total. The number of hydrogen-bond acceptors (Lipinski definition) is 5. The van der Waals surface area contributed by atoms with Gasteiger partial charge in [-0.2, -0.15) is 5.10 Å². The summed E-state index contributed by atoms with van der Waals surface area (Å²) in [4.78, 5) is 40.5. The first-order valence-electron chi connectivity index (χ1n) is 11.1. The summed E-state index contributed by atoms with van der Waals surface area (Å²) in [6.45, 7) is 4.70. The second kappa shape index (κ2) is 9.54. The average Bonchev–Trinajstić information content (AvgIpc) is 3.31. The van der Waals surface area contributed by atoms with Gasteiger partial charge >= 0.3 is 0 Å². The van der Waals surface area contributed by atoms with Gasteiger partial charge in [0.2, 0.25) is 5.91 Å². The lowest BCUT2D eigenvalue weighted by Crippen LogP contribution is -2.43. The van der Waals surface area contributed by atoms with Crippen LogP contribution in [0.25, 0.3) is 10.8 Å². The Kier molecular flexibility index (Phi) is 6.55. The molecule has 8 heteroatoms. The van der Waals surface area contributed by atoms with Gasteiger partial charge in [0.05, 0.1) is 11.5 Å². The van der Waals surface area contributed by atoms with Crippen LogP contribution in [-0.4, -0.2) is 52.3 Å². The Morgan fingerprint density at radius 3 is 2.64 bits per heavy atom. The number of anilines is 1. The minimum atomic E-state index is -0.409. The normalized spacial score (nSPS) is 15.5. The zero-order valence-electron chi connectivity index (χ0n) is 19.1. The van der Waals surface area contributed by atoms with E-state index >= 15 is 0 Å². The number of hydrogen-bond donors (Lipinski definition) is 1. The lowest BCUT2D eigenvalue weighted by Gasteiger charge is -2.25. The molecule has 2 heterocycles. The Hall–Kier alpha value is -3.52. The van der Waals surface area contributed by atoms with Crippen molar-refractivity contribution >= 4 is 28.3 Å². The maximum Gasteiger partial charge on any atom is 0.275 e. The van der Waals surface area contributed by atoms with E-state index in [1.807, 2.05) is 32.0 Å². The highest BCUT2D eigenvalue weighted by molar-refractivity contribution is 6.06. The van der Waals surface area contributed by atoms with Crippen molar-refractivity contribution in [3.8, 4) is 0 Å². The molecule has 1 aliphatic heterocycles. The van der Waals surface area contributed by atoms with E-state index in [0.717, 1.165) is 34.3 Å². The Balaban J connectivity index is 1.64. The summed E-state index contributed by atoms with van der Waals surface area (Å²) in [6, 6.07) is 12.6. The van der Waals surface area contributed by atoms with Gasteiger partial charge < -0.3 is 15.0 Å². The summed E-state index contributed by atoms with van der Waals surface area (Å²) in [5, 5.41) is 8.06. The van der Waals surface area contributed by atoms with Crippen molar-refractivity contribution in [3.63, 3.8) is 0 Å². The molecule has 0 bridgehead atoms. The molecule has 1 aromatic heterocycles. The third-order valence-corrected chi connectivity index (χ3v) is 6.11. The van der Waals surface area contributed by atoms with Gasteiger partial charge in [-0.05, 0) is 49.9 Å². The summed E-state index contributed by atoms with van der Waals surface area (Å²) in [6.07, 6.45) is 1.60. The molecule has 1 aliphatic rings. The van der Waals surface area contributed by atoms with Gasteiger partial charge in [0, 0.05) is 31.3 Å². The minimum absolute atomic E-state index is 0.138. The first kappa shape index (κ1) is 22.7. The molecule has 8 nitrogen and oxygen atoms in total. The highest BCUT2D eigenvalue weighted by Gasteiger charge is 2.28. The fourth-order valence-corrected chi connectivity index (χ4v) is 4.11. The Labute approximate surface area is 192 Å². The molecule has 0 saturated carbocycles. The van der Waals surface area contributed by atoms with Gasteiger partial charge in [-0.1, -0.05) is 30.3 Å². The third-order valence-electron chi connectivity index (χ3n) is 6.11. The third kappa shape index (κ3) is 4.80. The number of aromatic nitrogens is 2. The highest BCUT2D eigenvalue weighted by Crippen LogP contribution is 2.20. The van der Waals surface area contributed by atoms with E-state index in [1.54, 1.807) is 24.3 Å². The van der Waals surface area contributed by atoms with Crippen LogP contribution in [0.5, 0.6) is 0 Å². The van der Waals surface area contributed by atoms with Crippen molar-refractivity contribution in [3.05, 3.63) is 69.6 Å². The molecule has 0 spiro atoms. The summed E-state index contributed by atoms with van der Waals surface area (Å²) < 4.78 is 6.90. The number of ether oxygens (including phenoxy) is 1. The summed E-state index contributed by atoms with van der Waals surface area (Å²) in [5.74, 6) is -0.711. The molecule has 3 aromatic rings. The van der Waals surface area contributed by atoms with Crippen LogP contribution in [-0.2, 0) is 16.6 Å². The van der Waals surface area contributed by atoms with Crippen molar-refractivity contribution in [2.24, 2.45) is 7.05 Å². The summed E-state index contributed by atoms with van der Waals surface area (Å²) in [7, 11) is 1.52. The van der Waals surface area contributed by atoms with Crippen molar-refractivity contribution in [1.82, 2.24) is 14.7 Å². The van der Waals surface area contributed by atoms with E-state index in [9.17, 15) is 14.4 Å². The number of benzene rings is 2. The Morgan fingerprint density at radius 2 is 1.91 bits per heavy atom. The number of nitrogens with one attached hydrogen (secondary N) is 1. The maximum absolute atomic E-state index is 13.6. The van der Waals surface area contributed by atoms with Crippen LogP contribution in [0.3, 0.4) is 0 Å². The molecule has 2 aromatic carbocycles. The predicted octanol–water partition coefficient (Wildman–Crippen LogP) is 2.81. The highest BCUT2D eigenvalue weighted by atomic mass is 16.5. The van der Waals surface area contributed by atoms with Gasteiger partial charge in [0.25, 0.3) is 11.5 Å². The molecule has 0 aliphatic carbocycles. The lowest BCUT2D eigenvalue weighted by atomic mass is 10.1. The molecule has 33 heavy (non-hydrogen) atoms. The molecule has 0 unspecified atom stereocenters. The fourth-order valence-electron chi connectivity index (χ4n) is 4.11. The number of fused-ring (bicyclic) bond motifs is 1. The van der Waals surface area contributed by atoms with E-state index in [4.69, 9.17) is 4.74 Å². The van der Waals surface area contributed by atoms with Gasteiger partial charge in [-0.3, -0.25) is 14.4 Å². The molecular formula is C25H28N4O4. The second-order valence-corrected chi connectivity index (χ2v) is 8.44. The molecule has 1 fully saturated rings. The average molecular weight is 449 g/mol. The number of nitrogens with zero attached hydrogens (tertiary/aromatic N) is 3. The lowest BCUT2D eigenvalue weighted by molar-refractivity contribution is -0.117. The van der Waals surface area contributed by atoms with E-state index in [2.05, 4.69) is 10.4 Å². The fraction of sp³-hybridized carbons (Fsp3) is 0.360. The topological polar surface area (TPSA) is 93.5 Å². The minimum Gasteiger partial charge on any atom is -0.376 e. The molecule has 1 saturated heterocycles. The zero-order chi connectivity index (χ0) is 23.5. The van der Waals surface area contributed by atoms with Crippen LogP contribution in [0.1, 0.15) is 34.5 Å². The molecule has 0 radical (unpaired) electrons. The first-order chi connectivity index (χ1) is 15.8. The van der Waals surface area contributed by atoms with Crippen LogP contribution < -0.4 is 10.9 Å². The first-order valence-corrected chi connectivity index (χ1v) is 11.1. The van der Waals surface area contributed by atoms with Crippen LogP contribution >= 0.6 is 0 Å². The number of aryl methyl sites for hydroxylation is 2. The second-order valence-electron chi connectivity index (χ2n) is 8.44. The number of carbonyl (C=O) groups is 2. The number of rotatable bonds is 6. The van der Waals surface area contributed by atoms with Crippen molar-refractivity contribution < 1.29 is 14.3 Å². The molecule has 4 rings (SSSR count). The van der Waals surface area contributed by atoms with E-state index in [-0.39, 0.29) is 36.4 Å². The summed E-state index contributed by atoms with van der Waals surface area (Å²) in [5.41, 5.74) is 2.63. The largest absolute Gasteiger partial charge is 0.376 e. The van der Waals surface area contributed by atoms with Crippen LogP contribution in [0.4, 0.5) is 5.69 Å². The SMILES string of the molecule is Cc1cccc(NC(=O)CN(C[C@@H]2CCCO2)C(=O)c2nn(C)c(=O)c3ccccc23)c1C. The predicted molar refractivity (Wildman–Crippen MR) is 126 cm³/mol. The zero-order valence-corrected chi connectivity index (χ0v) is 19.1. The van der Waals surface area contributed by atoms with Gasteiger partial charge in [-0.25, -0.2) is 4.68 Å². The Bertz CT molecular complexity index is 1260. The number of carbonyl (C=O) groups excluding carboxylic acids is 2. The number of amides is 2. The van der Waals surface area contributed by atoms with Crippen molar-refractivity contribution in [2.75, 3.05) is 25.0 Å². The van der Waals surface area contributed by atoms with Gasteiger partial charge in [0.15, 0.2) is 5.69 Å². The van der Waals surface area contributed by atoms with E-state index in [1.165, 1.54) is 11.9 Å². The maximum atomic E-state index is 13.6. The molecule has 1 atom stereocenters. The smallest absolute Gasteiger partial charge is 0.275 e. The van der Waals surface area contributed by atoms with Crippen molar-refractivity contribution in [2.45, 2.75) is 32.8 Å². The molecule has 172 valence electrons. The van der Waals surface area contributed by atoms with Crippen molar-refractivity contribution in [1.29, 1.82) is 0 Å². The van der Waals surface area contributed by atoms with Crippen LogP contribution in [0.15, 0.2) is 47.3 Å².